The Labute approximate surface area is 193 Å². The average Bonchev–Trinajstić information content (AvgIpc) is 2.70. The number of hydrogen-bond acceptors (Lipinski definition) is 9. The minimum atomic E-state index is -1.62. The zero-order valence-electron chi connectivity index (χ0n) is 18.1. The van der Waals surface area contributed by atoms with E-state index in [0.717, 1.165) is 6.92 Å². The summed E-state index contributed by atoms with van der Waals surface area (Å²) in [4.78, 5) is 70.2. The lowest BCUT2D eigenvalue weighted by molar-refractivity contribution is -0.143. The fourth-order valence-electron chi connectivity index (χ4n) is 2.51. The van der Waals surface area contributed by atoms with Crippen LogP contribution in [0.15, 0.2) is 0 Å². The molecule has 0 bridgehead atoms. The predicted molar refractivity (Wildman–Crippen MR) is 115 cm³/mol. The first-order valence-electron chi connectivity index (χ1n) is 9.80. The van der Waals surface area contributed by atoms with Gasteiger partial charge in [0.15, 0.2) is 0 Å². The number of nitrogens with one attached hydrogen (secondary N) is 3. The molecule has 9 N–H and O–H groups in total. The summed E-state index contributed by atoms with van der Waals surface area (Å²) < 4.78 is 0. The highest BCUT2D eigenvalue weighted by atomic mass is 32.2. The SMILES string of the molecule is CSCCC(NC(=O)C(NC(=O)C(CCC(=O)O)NC(=O)C(N)CC(=O)O)C(C)O)C(=O)O. The molecule has 5 unspecified atom stereocenters. The van der Waals surface area contributed by atoms with E-state index in [9.17, 15) is 39.0 Å². The lowest BCUT2D eigenvalue weighted by atomic mass is 10.1. The van der Waals surface area contributed by atoms with E-state index in [1.54, 1.807) is 6.26 Å². The highest BCUT2D eigenvalue weighted by Crippen LogP contribution is 2.05. The van der Waals surface area contributed by atoms with Crippen LogP contribution in [-0.4, -0.2) is 98.3 Å². The molecule has 0 radical (unpaired) electrons. The van der Waals surface area contributed by atoms with Crippen molar-refractivity contribution in [2.45, 2.75) is 62.9 Å². The van der Waals surface area contributed by atoms with Crippen LogP contribution in [0.25, 0.3) is 0 Å². The van der Waals surface area contributed by atoms with Crippen LogP contribution >= 0.6 is 11.8 Å². The van der Waals surface area contributed by atoms with Crippen molar-refractivity contribution >= 4 is 47.4 Å². The number of carbonyl (C=O) groups is 6. The van der Waals surface area contributed by atoms with Gasteiger partial charge in [-0.25, -0.2) is 4.79 Å². The minimum Gasteiger partial charge on any atom is -0.481 e. The van der Waals surface area contributed by atoms with Crippen molar-refractivity contribution in [2.75, 3.05) is 12.0 Å². The second kappa shape index (κ2) is 15.0. The number of aliphatic hydroxyl groups is 1. The number of aliphatic hydroxyl groups excluding tert-OH is 1. The summed E-state index contributed by atoms with van der Waals surface area (Å²) in [7, 11) is 0. The molecule has 0 saturated heterocycles. The standard InChI is InChI=1S/C18H30N4O10S/c1-8(23)14(17(30)21-11(18(31)32)5-6-33-2)22-16(29)10(3-4-12(24)25)20-15(28)9(19)7-13(26)27/h8-11,14,23H,3-7,19H2,1-2H3,(H,20,28)(H,21,30)(H,22,29)(H,24,25)(H,26,27)(H,31,32). The molecule has 15 heteroatoms. The zero-order valence-corrected chi connectivity index (χ0v) is 19.0. The number of carboxylic acid groups (broad SMARTS) is 3. The lowest BCUT2D eigenvalue weighted by Crippen LogP contribution is -2.60. The van der Waals surface area contributed by atoms with Crippen molar-refractivity contribution in [2.24, 2.45) is 5.73 Å². The molecule has 0 fully saturated rings. The lowest BCUT2D eigenvalue weighted by Gasteiger charge is -2.26. The van der Waals surface area contributed by atoms with Gasteiger partial charge in [-0.05, 0) is 31.8 Å². The molecule has 0 aromatic heterocycles. The molecular weight excluding hydrogens is 464 g/mol. The zero-order chi connectivity index (χ0) is 25.7. The third-order valence-electron chi connectivity index (χ3n) is 4.30. The summed E-state index contributed by atoms with van der Waals surface area (Å²) in [6.07, 6.45) is -1.38. The van der Waals surface area contributed by atoms with Gasteiger partial charge in [0.25, 0.3) is 0 Å². The Kier molecular flexibility index (Phi) is 13.7. The summed E-state index contributed by atoms with van der Waals surface area (Å²) in [6.45, 7) is 1.16. The van der Waals surface area contributed by atoms with Gasteiger partial charge in [0.05, 0.1) is 18.6 Å². The van der Waals surface area contributed by atoms with Gasteiger partial charge in [-0.15, -0.1) is 0 Å². The van der Waals surface area contributed by atoms with E-state index in [-0.39, 0.29) is 6.42 Å². The number of aliphatic carboxylic acids is 3. The van der Waals surface area contributed by atoms with E-state index in [0.29, 0.717) is 5.75 Å². The van der Waals surface area contributed by atoms with Crippen molar-refractivity contribution in [3.63, 3.8) is 0 Å². The third-order valence-corrected chi connectivity index (χ3v) is 4.94. The second-order valence-electron chi connectivity index (χ2n) is 7.11. The molecule has 0 aromatic carbocycles. The van der Waals surface area contributed by atoms with Gasteiger partial charge >= 0.3 is 17.9 Å². The normalized spacial score (nSPS) is 15.3. The van der Waals surface area contributed by atoms with Gasteiger partial charge < -0.3 is 42.1 Å². The van der Waals surface area contributed by atoms with Crippen molar-refractivity contribution in [3.05, 3.63) is 0 Å². The predicted octanol–water partition coefficient (Wildman–Crippen LogP) is -2.67. The summed E-state index contributed by atoms with van der Waals surface area (Å²) in [5.41, 5.74) is 5.44. The number of thioether (sulfide) groups is 1. The Morgan fingerprint density at radius 1 is 0.848 bits per heavy atom. The first-order valence-corrected chi connectivity index (χ1v) is 11.2. The first kappa shape index (κ1) is 30.1. The van der Waals surface area contributed by atoms with Crippen molar-refractivity contribution in [1.82, 2.24) is 16.0 Å². The van der Waals surface area contributed by atoms with Gasteiger partial charge in [0.1, 0.15) is 18.1 Å². The number of hydrogen-bond donors (Lipinski definition) is 8. The van der Waals surface area contributed by atoms with Gasteiger partial charge in [0.2, 0.25) is 17.7 Å². The number of rotatable bonds is 16. The van der Waals surface area contributed by atoms with Crippen LogP contribution < -0.4 is 21.7 Å². The third kappa shape index (κ3) is 12.1. The quantitative estimate of drug-likeness (QED) is 0.109. The van der Waals surface area contributed by atoms with Gasteiger partial charge in [-0.1, -0.05) is 0 Å². The van der Waals surface area contributed by atoms with E-state index in [2.05, 4.69) is 16.0 Å². The molecule has 3 amide bonds. The molecule has 0 heterocycles. The van der Waals surface area contributed by atoms with Crippen LogP contribution in [-0.2, 0) is 28.8 Å². The molecule has 0 aliphatic carbocycles. The second-order valence-corrected chi connectivity index (χ2v) is 8.09. The van der Waals surface area contributed by atoms with Crippen LogP contribution in [0.3, 0.4) is 0 Å². The molecule has 14 nitrogen and oxygen atoms in total. The Balaban J connectivity index is 5.45. The van der Waals surface area contributed by atoms with Crippen molar-refractivity contribution in [3.8, 4) is 0 Å². The van der Waals surface area contributed by atoms with E-state index < -0.39 is 85.2 Å². The minimum absolute atomic E-state index is 0.0848. The summed E-state index contributed by atoms with van der Waals surface area (Å²) in [6, 6.07) is -5.94. The van der Waals surface area contributed by atoms with E-state index >= 15 is 0 Å². The van der Waals surface area contributed by atoms with Crippen molar-refractivity contribution < 1.29 is 49.2 Å². The number of nitrogens with two attached hydrogens (primary N) is 1. The monoisotopic (exact) mass is 494 g/mol. The molecule has 33 heavy (non-hydrogen) atoms. The largest absolute Gasteiger partial charge is 0.481 e. The van der Waals surface area contributed by atoms with Gasteiger partial charge in [-0.2, -0.15) is 11.8 Å². The molecule has 0 aliphatic rings. The Morgan fingerprint density at radius 2 is 1.42 bits per heavy atom. The van der Waals surface area contributed by atoms with Gasteiger partial charge in [-0.3, -0.25) is 24.0 Å². The van der Waals surface area contributed by atoms with Crippen molar-refractivity contribution in [1.29, 1.82) is 0 Å². The molecular formula is C18H30N4O10S. The van der Waals surface area contributed by atoms with Crippen LogP contribution in [0.2, 0.25) is 0 Å². The Hall–Kier alpha value is -2.91. The van der Waals surface area contributed by atoms with Crippen LogP contribution in [0.4, 0.5) is 0 Å². The van der Waals surface area contributed by atoms with Gasteiger partial charge in [0, 0.05) is 6.42 Å². The Morgan fingerprint density at radius 3 is 1.88 bits per heavy atom. The summed E-state index contributed by atoms with van der Waals surface area (Å²) in [5, 5.41) is 43.3. The highest BCUT2D eigenvalue weighted by Gasteiger charge is 2.33. The molecule has 0 rings (SSSR count). The summed E-state index contributed by atoms with van der Waals surface area (Å²) in [5.74, 6) is -6.65. The van der Waals surface area contributed by atoms with E-state index in [4.69, 9.17) is 15.9 Å². The highest BCUT2D eigenvalue weighted by molar-refractivity contribution is 7.98. The number of carboxylic acids is 3. The molecule has 188 valence electrons. The van der Waals surface area contributed by atoms with E-state index in [1.807, 2.05) is 0 Å². The first-order chi connectivity index (χ1) is 15.3. The Bertz CT molecular complexity index is 733. The maximum Gasteiger partial charge on any atom is 0.326 e. The topological polar surface area (TPSA) is 245 Å². The summed E-state index contributed by atoms with van der Waals surface area (Å²) >= 11 is 1.35. The van der Waals surface area contributed by atoms with Crippen LogP contribution in [0.5, 0.6) is 0 Å². The maximum absolute atomic E-state index is 12.7. The molecule has 5 atom stereocenters. The number of amides is 3. The average molecular weight is 495 g/mol. The number of carbonyl (C=O) groups excluding carboxylic acids is 3. The smallest absolute Gasteiger partial charge is 0.326 e. The van der Waals surface area contributed by atoms with E-state index in [1.165, 1.54) is 11.8 Å². The van der Waals surface area contributed by atoms with Crippen LogP contribution in [0.1, 0.15) is 32.6 Å². The van der Waals surface area contributed by atoms with Crippen LogP contribution in [0, 0.1) is 0 Å². The fourth-order valence-corrected chi connectivity index (χ4v) is 2.98. The molecule has 0 aromatic rings. The maximum atomic E-state index is 12.7. The molecule has 0 aliphatic heterocycles. The fraction of sp³-hybridized carbons (Fsp3) is 0.667. The molecule has 0 spiro atoms. The molecule has 0 saturated carbocycles.